The highest BCUT2D eigenvalue weighted by molar-refractivity contribution is 5.77. The number of amides is 2. The zero-order valence-corrected chi connectivity index (χ0v) is 15.2. The summed E-state index contributed by atoms with van der Waals surface area (Å²) in [5.74, 6) is 0.456. The van der Waals surface area contributed by atoms with Crippen molar-refractivity contribution in [2.75, 3.05) is 19.7 Å². The molecule has 1 aliphatic carbocycles. The van der Waals surface area contributed by atoms with E-state index in [0.29, 0.717) is 37.5 Å². The van der Waals surface area contributed by atoms with Crippen LogP contribution < -0.4 is 5.32 Å². The molecule has 2 amide bonds. The number of likely N-dealkylation sites (tertiary alicyclic amines) is 1. The van der Waals surface area contributed by atoms with E-state index in [9.17, 15) is 22.8 Å². The van der Waals surface area contributed by atoms with Crippen LogP contribution in [0.2, 0.25) is 0 Å². The number of hydrogen-bond acceptors (Lipinski definition) is 5. The summed E-state index contributed by atoms with van der Waals surface area (Å²) in [6.07, 6.45) is -1.43. The first kappa shape index (κ1) is 18.9. The third kappa shape index (κ3) is 3.90. The summed E-state index contributed by atoms with van der Waals surface area (Å²) in [7, 11) is 0. The molecule has 0 unspecified atom stereocenters. The van der Waals surface area contributed by atoms with Gasteiger partial charge < -0.3 is 15.0 Å². The summed E-state index contributed by atoms with van der Waals surface area (Å²) >= 11 is 0. The van der Waals surface area contributed by atoms with Gasteiger partial charge in [0.25, 0.3) is 0 Å². The van der Waals surface area contributed by atoms with Gasteiger partial charge in [0.2, 0.25) is 5.91 Å². The van der Waals surface area contributed by atoms with Crippen LogP contribution in [0.15, 0.2) is 12.1 Å². The fourth-order valence-electron chi connectivity index (χ4n) is 4.46. The molecular formula is C18H21F3N4O3. The minimum absolute atomic E-state index is 0.0869. The third-order valence-electron chi connectivity index (χ3n) is 5.80. The van der Waals surface area contributed by atoms with Crippen LogP contribution in [-0.2, 0) is 22.1 Å². The van der Waals surface area contributed by atoms with Crippen molar-refractivity contribution in [3.8, 4) is 0 Å². The topological polar surface area (TPSA) is 84.4 Å². The molecule has 3 heterocycles. The van der Waals surface area contributed by atoms with Crippen LogP contribution in [0.3, 0.4) is 0 Å². The normalized spacial score (nSPS) is 23.8. The Morgan fingerprint density at radius 2 is 2.04 bits per heavy atom. The quantitative estimate of drug-likeness (QED) is 0.822. The Labute approximate surface area is 159 Å². The van der Waals surface area contributed by atoms with E-state index in [-0.39, 0.29) is 17.4 Å². The lowest BCUT2D eigenvalue weighted by Gasteiger charge is -2.59. The van der Waals surface area contributed by atoms with E-state index in [0.717, 1.165) is 32.0 Å². The van der Waals surface area contributed by atoms with E-state index in [1.54, 1.807) is 0 Å². The monoisotopic (exact) mass is 398 g/mol. The molecule has 1 spiro atoms. The molecule has 10 heteroatoms. The molecule has 1 N–H and O–H groups in total. The second-order valence-corrected chi connectivity index (χ2v) is 8.11. The molecule has 2 saturated heterocycles. The van der Waals surface area contributed by atoms with Gasteiger partial charge in [0.15, 0.2) is 5.69 Å². The number of carbonyl (C=O) groups is 2. The number of cyclic esters (lactones) is 1. The number of hydrogen-bond donors (Lipinski definition) is 1. The number of nitrogens with zero attached hydrogens (tertiary/aromatic N) is 3. The Bertz CT molecular complexity index is 754. The Kier molecular flexibility index (Phi) is 4.67. The number of ether oxygens (including phenoxy) is 1. The number of rotatable bonds is 5. The largest absolute Gasteiger partial charge is 0.447 e. The Morgan fingerprint density at radius 3 is 2.61 bits per heavy atom. The summed E-state index contributed by atoms with van der Waals surface area (Å²) in [6, 6.07) is 2.27. The molecule has 0 radical (unpaired) electrons. The molecule has 3 aliphatic rings. The maximum absolute atomic E-state index is 12.5. The van der Waals surface area contributed by atoms with Crippen LogP contribution in [0, 0.1) is 11.3 Å². The van der Waals surface area contributed by atoms with Gasteiger partial charge in [-0.25, -0.2) is 4.79 Å². The van der Waals surface area contributed by atoms with Crippen molar-refractivity contribution in [2.24, 2.45) is 11.3 Å². The maximum Gasteiger partial charge on any atom is 0.435 e. The van der Waals surface area contributed by atoms with Gasteiger partial charge in [-0.15, -0.1) is 5.10 Å². The summed E-state index contributed by atoms with van der Waals surface area (Å²) in [5, 5.41) is 9.61. The van der Waals surface area contributed by atoms with Crippen LogP contribution in [0.25, 0.3) is 0 Å². The van der Waals surface area contributed by atoms with Crippen LogP contribution in [0.1, 0.15) is 37.1 Å². The van der Waals surface area contributed by atoms with E-state index in [4.69, 9.17) is 4.74 Å². The first-order valence-electron chi connectivity index (χ1n) is 9.33. The second-order valence-electron chi connectivity index (χ2n) is 8.11. The van der Waals surface area contributed by atoms with Crippen LogP contribution in [0.5, 0.6) is 0 Å². The molecule has 0 bridgehead atoms. The predicted molar refractivity (Wildman–Crippen MR) is 90.0 cm³/mol. The van der Waals surface area contributed by atoms with E-state index in [1.165, 1.54) is 6.07 Å². The lowest BCUT2D eigenvalue weighted by atomic mass is 9.56. The Hall–Kier alpha value is -2.39. The lowest BCUT2D eigenvalue weighted by Crippen LogP contribution is -2.64. The smallest absolute Gasteiger partial charge is 0.435 e. The van der Waals surface area contributed by atoms with Crippen molar-refractivity contribution in [3.63, 3.8) is 0 Å². The minimum atomic E-state index is -4.47. The summed E-state index contributed by atoms with van der Waals surface area (Å²) < 4.78 is 42.4. The Morgan fingerprint density at radius 1 is 1.29 bits per heavy atom. The highest BCUT2D eigenvalue weighted by atomic mass is 19.4. The first-order chi connectivity index (χ1) is 13.2. The van der Waals surface area contributed by atoms with Crippen LogP contribution in [0.4, 0.5) is 18.0 Å². The standard InChI is InChI=1S/C18H21F3N4O3/c19-18(20,21)14-3-1-12(23-24-14)5-11-6-17(7-11)9-25(10-17)15(26)4-2-13-8-28-16(27)22-13/h1,3,11,13H,2,4-10H2,(H,22,27)/t13-/m1/s1. The summed E-state index contributed by atoms with van der Waals surface area (Å²) in [6.45, 7) is 1.77. The molecule has 1 saturated carbocycles. The second kappa shape index (κ2) is 6.89. The number of aromatic nitrogens is 2. The SMILES string of the molecule is O=C1N[C@H](CCC(=O)N2CC3(CC(Cc4ccc(C(F)(F)F)nn4)C3)C2)CO1. The molecule has 28 heavy (non-hydrogen) atoms. The van der Waals surface area contributed by atoms with Gasteiger partial charge in [-0.1, -0.05) is 0 Å². The fraction of sp³-hybridized carbons (Fsp3) is 0.667. The number of nitrogens with one attached hydrogen (secondary N) is 1. The molecular weight excluding hydrogens is 377 g/mol. The zero-order valence-electron chi connectivity index (χ0n) is 15.2. The van der Waals surface area contributed by atoms with E-state index >= 15 is 0 Å². The minimum Gasteiger partial charge on any atom is -0.447 e. The summed E-state index contributed by atoms with van der Waals surface area (Å²) in [4.78, 5) is 25.0. The zero-order chi connectivity index (χ0) is 19.9. The van der Waals surface area contributed by atoms with Crippen molar-refractivity contribution < 1.29 is 27.5 Å². The highest BCUT2D eigenvalue weighted by Crippen LogP contribution is 2.52. The number of alkyl halides is 3. The van der Waals surface area contributed by atoms with Crippen LogP contribution >= 0.6 is 0 Å². The average molecular weight is 398 g/mol. The first-order valence-corrected chi connectivity index (χ1v) is 9.33. The molecule has 1 aromatic heterocycles. The third-order valence-corrected chi connectivity index (χ3v) is 5.80. The van der Waals surface area contributed by atoms with Crippen molar-refractivity contribution in [1.29, 1.82) is 0 Å². The van der Waals surface area contributed by atoms with Gasteiger partial charge in [0, 0.05) is 24.9 Å². The molecule has 152 valence electrons. The molecule has 2 aliphatic heterocycles. The van der Waals surface area contributed by atoms with Crippen molar-refractivity contribution in [2.45, 2.75) is 44.3 Å². The highest BCUT2D eigenvalue weighted by Gasteiger charge is 2.53. The summed E-state index contributed by atoms with van der Waals surface area (Å²) in [5.41, 5.74) is -0.246. The molecule has 1 aromatic rings. The predicted octanol–water partition coefficient (Wildman–Crippen LogP) is 2.17. The number of halogens is 3. The van der Waals surface area contributed by atoms with Gasteiger partial charge in [0.05, 0.1) is 11.7 Å². The van der Waals surface area contributed by atoms with Crippen molar-refractivity contribution in [3.05, 3.63) is 23.5 Å². The van der Waals surface area contributed by atoms with Gasteiger partial charge in [0.1, 0.15) is 6.61 Å². The molecule has 1 atom stereocenters. The maximum atomic E-state index is 12.5. The van der Waals surface area contributed by atoms with Crippen molar-refractivity contribution >= 4 is 12.0 Å². The number of carbonyl (C=O) groups excluding carboxylic acids is 2. The Balaban J connectivity index is 1.17. The molecule has 4 rings (SSSR count). The fourth-order valence-corrected chi connectivity index (χ4v) is 4.46. The van der Waals surface area contributed by atoms with Crippen molar-refractivity contribution in [1.82, 2.24) is 20.4 Å². The van der Waals surface area contributed by atoms with Gasteiger partial charge in [-0.2, -0.15) is 18.3 Å². The van der Waals surface area contributed by atoms with E-state index in [1.807, 2.05) is 4.90 Å². The average Bonchev–Trinajstić information content (AvgIpc) is 2.98. The van der Waals surface area contributed by atoms with E-state index < -0.39 is 18.0 Å². The van der Waals surface area contributed by atoms with Gasteiger partial charge in [-0.05, 0) is 43.7 Å². The molecule has 0 aromatic carbocycles. The molecule has 3 fully saturated rings. The number of alkyl carbamates (subject to hydrolysis) is 1. The van der Waals surface area contributed by atoms with E-state index in [2.05, 4.69) is 15.5 Å². The van der Waals surface area contributed by atoms with Gasteiger partial charge in [-0.3, -0.25) is 4.79 Å². The van der Waals surface area contributed by atoms with Crippen LogP contribution in [-0.4, -0.2) is 52.8 Å². The molecule has 7 nitrogen and oxygen atoms in total. The van der Waals surface area contributed by atoms with Gasteiger partial charge >= 0.3 is 12.3 Å². The lowest BCUT2D eigenvalue weighted by molar-refractivity contribution is -0.155.